The second kappa shape index (κ2) is 9.20. The van der Waals surface area contributed by atoms with E-state index in [2.05, 4.69) is 15.3 Å². The third-order valence-electron chi connectivity index (χ3n) is 6.05. The molecule has 0 radical (unpaired) electrons. The molecule has 3 aromatic rings. The fourth-order valence-corrected chi connectivity index (χ4v) is 5.33. The molecule has 11 heteroatoms. The molecule has 3 N–H and O–H groups in total. The van der Waals surface area contributed by atoms with Crippen LogP contribution in [0.15, 0.2) is 24.4 Å². The minimum absolute atomic E-state index is 0.196. The fourth-order valence-electron chi connectivity index (χ4n) is 4.18. The van der Waals surface area contributed by atoms with E-state index in [-0.39, 0.29) is 18.2 Å². The lowest BCUT2D eigenvalue weighted by molar-refractivity contribution is -0.145. The number of alkyl halides is 3. The summed E-state index contributed by atoms with van der Waals surface area (Å²) in [5, 5.41) is 23.6. The summed E-state index contributed by atoms with van der Waals surface area (Å²) >= 11 is 1.49. The summed E-state index contributed by atoms with van der Waals surface area (Å²) in [6.45, 7) is 3.31. The van der Waals surface area contributed by atoms with E-state index in [1.165, 1.54) is 11.3 Å². The van der Waals surface area contributed by atoms with Gasteiger partial charge >= 0.3 is 6.18 Å². The molecule has 0 bridgehead atoms. The van der Waals surface area contributed by atoms with Gasteiger partial charge in [-0.2, -0.15) is 13.2 Å². The molecule has 0 atom stereocenters. The third kappa shape index (κ3) is 5.21. The van der Waals surface area contributed by atoms with Crippen molar-refractivity contribution in [2.24, 2.45) is 5.92 Å². The molecule has 1 aliphatic rings. The maximum absolute atomic E-state index is 12.9. The van der Waals surface area contributed by atoms with Gasteiger partial charge in [0, 0.05) is 30.0 Å². The van der Waals surface area contributed by atoms with Crippen LogP contribution in [0.5, 0.6) is 0 Å². The fraction of sp³-hybridized carbons (Fsp3) is 0.478. The van der Waals surface area contributed by atoms with E-state index in [0.29, 0.717) is 17.0 Å². The van der Waals surface area contributed by atoms with Gasteiger partial charge in [0.15, 0.2) is 0 Å². The lowest BCUT2D eigenvalue weighted by Gasteiger charge is -2.25. The molecular weight excluding hydrogens is 469 g/mol. The Labute approximate surface area is 198 Å². The number of nitrogens with one attached hydrogen (secondary N) is 1. The molecule has 0 unspecified atom stereocenters. The summed E-state index contributed by atoms with van der Waals surface area (Å²) in [6, 6.07) is 4.48. The first-order chi connectivity index (χ1) is 16.0. The number of rotatable bonds is 5. The Bertz CT molecular complexity index is 1200. The summed E-state index contributed by atoms with van der Waals surface area (Å²) in [5.41, 5.74) is -0.436. The van der Waals surface area contributed by atoms with Gasteiger partial charge < -0.3 is 15.5 Å². The van der Waals surface area contributed by atoms with Gasteiger partial charge in [-0.15, -0.1) is 11.3 Å². The van der Waals surface area contributed by atoms with Gasteiger partial charge in [0.1, 0.15) is 5.69 Å². The van der Waals surface area contributed by atoms with E-state index in [9.17, 15) is 28.2 Å². The number of halogens is 3. The predicted molar refractivity (Wildman–Crippen MR) is 122 cm³/mol. The zero-order chi connectivity index (χ0) is 24.7. The zero-order valence-corrected chi connectivity index (χ0v) is 19.5. The van der Waals surface area contributed by atoms with E-state index < -0.39 is 29.2 Å². The van der Waals surface area contributed by atoms with E-state index in [1.807, 2.05) is 0 Å². The Morgan fingerprint density at radius 3 is 2.50 bits per heavy atom. The maximum atomic E-state index is 12.9. The molecule has 0 aliphatic heterocycles. The number of aliphatic hydroxyl groups excluding tert-OH is 1. The number of nitrogens with zero attached hydrogens (tertiary/aromatic N) is 3. The molecular formula is C23H25F3N4O3S. The topological polar surface area (TPSA) is 108 Å². The smallest absolute Gasteiger partial charge is 0.396 e. The average molecular weight is 495 g/mol. The zero-order valence-electron chi connectivity index (χ0n) is 18.7. The molecule has 1 amide bonds. The first-order valence-electron chi connectivity index (χ1n) is 11.0. The summed E-state index contributed by atoms with van der Waals surface area (Å²) in [7, 11) is 0. The number of hydrogen-bond donors (Lipinski definition) is 3. The van der Waals surface area contributed by atoms with Crippen LogP contribution in [0.25, 0.3) is 10.2 Å². The highest BCUT2D eigenvalue weighted by molar-refractivity contribution is 7.18. The van der Waals surface area contributed by atoms with Gasteiger partial charge in [-0.05, 0) is 63.6 Å². The van der Waals surface area contributed by atoms with Crippen molar-refractivity contribution in [3.63, 3.8) is 0 Å². The molecule has 4 rings (SSSR count). The Kier molecular flexibility index (Phi) is 6.63. The highest BCUT2D eigenvalue weighted by Crippen LogP contribution is 2.41. The Morgan fingerprint density at radius 1 is 1.18 bits per heavy atom. The Balaban J connectivity index is 1.66. The summed E-state index contributed by atoms with van der Waals surface area (Å²) in [5.74, 6) is -1.63. The normalized spacial score (nSPS) is 19.4. The summed E-state index contributed by atoms with van der Waals surface area (Å²) in [6.07, 6.45) is -0.155. The van der Waals surface area contributed by atoms with Crippen molar-refractivity contribution in [3.8, 4) is 0 Å². The lowest BCUT2D eigenvalue weighted by atomic mass is 9.83. The lowest BCUT2D eigenvalue weighted by Crippen LogP contribution is -2.22. The van der Waals surface area contributed by atoms with Gasteiger partial charge in [-0.1, -0.05) is 0 Å². The van der Waals surface area contributed by atoms with E-state index in [4.69, 9.17) is 4.98 Å². The van der Waals surface area contributed by atoms with Crippen molar-refractivity contribution in [2.75, 3.05) is 11.9 Å². The van der Waals surface area contributed by atoms with Crippen LogP contribution in [0, 0.1) is 5.92 Å². The largest absolute Gasteiger partial charge is 0.451 e. The number of hydrogen-bond acceptors (Lipinski definition) is 7. The van der Waals surface area contributed by atoms with Crippen molar-refractivity contribution < 1.29 is 28.2 Å². The number of anilines is 1. The summed E-state index contributed by atoms with van der Waals surface area (Å²) in [4.78, 5) is 24.0. The molecule has 0 saturated heterocycles. The quantitative estimate of drug-likeness (QED) is 0.468. The number of thiazole rings is 1. The molecule has 2 heterocycles. The van der Waals surface area contributed by atoms with Gasteiger partial charge in [0.05, 0.1) is 20.8 Å². The van der Waals surface area contributed by atoms with E-state index in [0.717, 1.165) is 47.7 Å². The van der Waals surface area contributed by atoms with Gasteiger partial charge in [-0.3, -0.25) is 4.79 Å². The van der Waals surface area contributed by atoms with Gasteiger partial charge in [0.25, 0.3) is 5.91 Å². The van der Waals surface area contributed by atoms with Gasteiger partial charge in [0.2, 0.25) is 5.82 Å². The van der Waals surface area contributed by atoms with Crippen LogP contribution in [0.3, 0.4) is 0 Å². The van der Waals surface area contributed by atoms with Crippen molar-refractivity contribution in [2.45, 2.75) is 57.2 Å². The molecule has 34 heavy (non-hydrogen) atoms. The number of carbonyl (C=O) groups excluding carboxylic acids is 1. The first kappa shape index (κ1) is 24.5. The highest BCUT2D eigenvalue weighted by Gasteiger charge is 2.35. The molecule has 1 aromatic carbocycles. The molecule has 1 saturated carbocycles. The van der Waals surface area contributed by atoms with E-state index >= 15 is 0 Å². The monoisotopic (exact) mass is 494 g/mol. The molecule has 0 spiro atoms. The number of carbonyl (C=O) groups is 1. The Morgan fingerprint density at radius 2 is 1.88 bits per heavy atom. The predicted octanol–water partition coefficient (Wildman–Crippen LogP) is 4.85. The number of fused-ring (bicyclic) bond motifs is 1. The number of aromatic nitrogens is 3. The van der Waals surface area contributed by atoms with Crippen molar-refractivity contribution in [1.29, 1.82) is 0 Å². The first-order valence-corrected chi connectivity index (χ1v) is 11.8. The summed E-state index contributed by atoms with van der Waals surface area (Å²) < 4.78 is 39.6. The maximum Gasteiger partial charge on any atom is 0.451 e. The molecule has 7 nitrogen and oxygen atoms in total. The van der Waals surface area contributed by atoms with Crippen LogP contribution in [-0.4, -0.2) is 37.7 Å². The molecule has 1 fully saturated rings. The second-order valence-electron chi connectivity index (χ2n) is 9.09. The minimum Gasteiger partial charge on any atom is -0.396 e. The van der Waals surface area contributed by atoms with Crippen LogP contribution in [0.4, 0.5) is 18.9 Å². The second-order valence-corrected chi connectivity index (χ2v) is 10.2. The van der Waals surface area contributed by atoms with Crippen LogP contribution in [-0.2, 0) is 11.8 Å². The van der Waals surface area contributed by atoms with E-state index in [1.54, 1.807) is 26.0 Å². The number of aliphatic hydroxyl groups is 2. The Hall–Kier alpha value is -2.63. The van der Waals surface area contributed by atoms with Crippen molar-refractivity contribution in [1.82, 2.24) is 15.0 Å². The van der Waals surface area contributed by atoms with Crippen molar-refractivity contribution >= 4 is 33.1 Å². The van der Waals surface area contributed by atoms with Gasteiger partial charge in [-0.25, -0.2) is 15.0 Å². The van der Waals surface area contributed by atoms with Crippen LogP contribution in [0.1, 0.15) is 72.3 Å². The van der Waals surface area contributed by atoms with Crippen molar-refractivity contribution in [3.05, 3.63) is 46.5 Å². The molecule has 182 valence electrons. The third-order valence-corrected chi connectivity index (χ3v) is 7.23. The average Bonchev–Trinajstić information content (AvgIpc) is 3.20. The molecule has 1 aliphatic carbocycles. The SMILES string of the molecule is CC(C)(O)c1cc2nc(C3CCC(CO)CC3)sc2cc1NC(=O)c1ccnc(C(F)(F)F)n1. The van der Waals surface area contributed by atoms with Crippen LogP contribution >= 0.6 is 11.3 Å². The van der Waals surface area contributed by atoms with Crippen LogP contribution < -0.4 is 5.32 Å². The standard InChI is InChI=1S/C23H25F3N4O3S/c1-22(2,33)14-9-17-18(34-20(29-17)13-5-3-12(11-31)4-6-13)10-16(14)28-19(32)15-7-8-27-21(30-15)23(24,25)26/h7-10,12-13,31,33H,3-6,11H2,1-2H3,(H,28,32). The number of benzene rings is 1. The molecule has 2 aromatic heterocycles. The minimum atomic E-state index is -4.77. The highest BCUT2D eigenvalue weighted by atomic mass is 32.1. The number of amides is 1. The van der Waals surface area contributed by atoms with Crippen LogP contribution in [0.2, 0.25) is 0 Å².